The highest BCUT2D eigenvalue weighted by Crippen LogP contribution is 2.21. The lowest BCUT2D eigenvalue weighted by molar-refractivity contribution is 0.448. The van der Waals surface area contributed by atoms with Crippen molar-refractivity contribution in [2.45, 2.75) is 24.2 Å². The molecule has 0 aliphatic rings. The van der Waals surface area contributed by atoms with E-state index in [1.54, 1.807) is 35.4 Å². The Hall–Kier alpha value is -1.18. The molecule has 18 heavy (non-hydrogen) atoms. The van der Waals surface area contributed by atoms with Crippen molar-refractivity contribution in [2.75, 3.05) is 7.05 Å². The fraction of sp³-hybridized carbons (Fsp3) is 0.364. The molecule has 2 aromatic rings. The number of aromatic nitrogens is 2. The summed E-state index contributed by atoms with van der Waals surface area (Å²) in [6, 6.07) is 5.19. The van der Waals surface area contributed by atoms with Crippen molar-refractivity contribution in [3.05, 3.63) is 35.5 Å². The van der Waals surface area contributed by atoms with Crippen molar-refractivity contribution in [2.24, 2.45) is 0 Å². The number of rotatable bonds is 5. The van der Waals surface area contributed by atoms with E-state index < -0.39 is 10.0 Å². The maximum atomic E-state index is 12.2. The molecule has 0 fully saturated rings. The zero-order valence-electron chi connectivity index (χ0n) is 10.3. The van der Waals surface area contributed by atoms with Crippen molar-refractivity contribution in [1.82, 2.24) is 14.1 Å². The van der Waals surface area contributed by atoms with E-state index in [-0.39, 0.29) is 0 Å². The lowest BCUT2D eigenvalue weighted by atomic mass is 10.4. The minimum atomic E-state index is -3.39. The van der Waals surface area contributed by atoms with Crippen molar-refractivity contribution in [1.29, 1.82) is 0 Å². The van der Waals surface area contributed by atoms with Crippen LogP contribution in [0.25, 0.3) is 0 Å². The molecule has 2 aromatic heterocycles. The molecule has 0 unspecified atom stereocenters. The molecule has 0 spiro atoms. The van der Waals surface area contributed by atoms with Crippen LogP contribution in [0.5, 0.6) is 0 Å². The summed E-state index contributed by atoms with van der Waals surface area (Å²) in [7, 11) is -1.80. The zero-order valence-corrected chi connectivity index (χ0v) is 11.9. The van der Waals surface area contributed by atoms with E-state index in [0.29, 0.717) is 10.8 Å². The standard InChI is InChI=1S/C11H15N3O2S2/c1-3-14-10(6-7-12-14)9-13(2)18(15,16)11-5-4-8-17-11/h4-8H,3,9H2,1-2H3. The Morgan fingerprint density at radius 1 is 1.44 bits per heavy atom. The van der Waals surface area contributed by atoms with Gasteiger partial charge in [-0.2, -0.15) is 9.40 Å². The van der Waals surface area contributed by atoms with Gasteiger partial charge in [0.05, 0.1) is 12.2 Å². The van der Waals surface area contributed by atoms with Crippen LogP contribution in [0.4, 0.5) is 0 Å². The van der Waals surface area contributed by atoms with Crippen LogP contribution < -0.4 is 0 Å². The lowest BCUT2D eigenvalue weighted by Crippen LogP contribution is -2.27. The molecular formula is C11H15N3O2S2. The molecule has 0 saturated heterocycles. The van der Waals surface area contributed by atoms with Gasteiger partial charge in [-0.05, 0) is 24.4 Å². The molecule has 2 rings (SSSR count). The van der Waals surface area contributed by atoms with Gasteiger partial charge in [0.15, 0.2) is 0 Å². The molecular weight excluding hydrogens is 270 g/mol. The average Bonchev–Trinajstić information content (AvgIpc) is 2.99. The fourth-order valence-electron chi connectivity index (χ4n) is 1.66. The van der Waals surface area contributed by atoms with Gasteiger partial charge in [-0.15, -0.1) is 11.3 Å². The molecule has 0 aliphatic carbocycles. The van der Waals surface area contributed by atoms with Crippen molar-refractivity contribution >= 4 is 21.4 Å². The van der Waals surface area contributed by atoms with Crippen LogP contribution in [-0.4, -0.2) is 29.6 Å². The number of aryl methyl sites for hydroxylation is 1. The summed E-state index contributed by atoms with van der Waals surface area (Å²) >= 11 is 1.23. The van der Waals surface area contributed by atoms with Gasteiger partial charge in [-0.25, -0.2) is 8.42 Å². The Labute approximate surface area is 111 Å². The maximum absolute atomic E-state index is 12.2. The van der Waals surface area contributed by atoms with Gasteiger partial charge in [-0.3, -0.25) is 4.68 Å². The van der Waals surface area contributed by atoms with Gasteiger partial charge < -0.3 is 0 Å². The Bertz CT molecular complexity index is 602. The van der Waals surface area contributed by atoms with Crippen LogP contribution in [0.15, 0.2) is 34.0 Å². The van der Waals surface area contributed by atoms with Crippen LogP contribution in [-0.2, 0) is 23.1 Å². The molecule has 0 amide bonds. The summed E-state index contributed by atoms with van der Waals surface area (Å²) in [6.45, 7) is 3.04. The number of thiophene rings is 1. The highest BCUT2D eigenvalue weighted by molar-refractivity contribution is 7.91. The Morgan fingerprint density at radius 2 is 2.22 bits per heavy atom. The largest absolute Gasteiger partial charge is 0.269 e. The van der Waals surface area contributed by atoms with Gasteiger partial charge in [0.25, 0.3) is 10.0 Å². The molecule has 0 radical (unpaired) electrons. The van der Waals surface area contributed by atoms with Gasteiger partial charge >= 0.3 is 0 Å². The van der Waals surface area contributed by atoms with Gasteiger partial charge in [0.2, 0.25) is 0 Å². The quantitative estimate of drug-likeness (QED) is 0.841. The molecule has 5 nitrogen and oxygen atoms in total. The first-order chi connectivity index (χ1) is 8.55. The number of nitrogens with zero attached hydrogens (tertiary/aromatic N) is 3. The molecule has 0 aliphatic heterocycles. The van der Waals surface area contributed by atoms with E-state index in [1.807, 2.05) is 13.0 Å². The zero-order chi connectivity index (χ0) is 13.2. The molecule has 0 bridgehead atoms. The second-order valence-corrected chi connectivity index (χ2v) is 7.05. The summed E-state index contributed by atoms with van der Waals surface area (Å²) in [5.74, 6) is 0. The summed E-state index contributed by atoms with van der Waals surface area (Å²) in [4.78, 5) is 0. The summed E-state index contributed by atoms with van der Waals surface area (Å²) < 4.78 is 28.0. The third-order valence-corrected chi connectivity index (χ3v) is 5.82. The summed E-state index contributed by atoms with van der Waals surface area (Å²) in [5, 5.41) is 5.89. The molecule has 98 valence electrons. The first kappa shape index (κ1) is 13.3. The monoisotopic (exact) mass is 285 g/mol. The Balaban J connectivity index is 2.20. The SMILES string of the molecule is CCn1nccc1CN(C)S(=O)(=O)c1cccs1. The van der Waals surface area contributed by atoms with E-state index in [4.69, 9.17) is 0 Å². The Kier molecular flexibility index (Phi) is 3.84. The first-order valence-electron chi connectivity index (χ1n) is 5.56. The number of sulfonamides is 1. The Morgan fingerprint density at radius 3 is 2.83 bits per heavy atom. The third-order valence-electron chi connectivity index (χ3n) is 2.65. The van der Waals surface area contributed by atoms with E-state index in [2.05, 4.69) is 5.10 Å². The van der Waals surface area contributed by atoms with Crippen LogP contribution in [0.3, 0.4) is 0 Å². The van der Waals surface area contributed by atoms with Gasteiger partial charge in [0, 0.05) is 19.8 Å². The highest BCUT2D eigenvalue weighted by Gasteiger charge is 2.22. The van der Waals surface area contributed by atoms with E-state index in [1.165, 1.54) is 15.6 Å². The van der Waals surface area contributed by atoms with Gasteiger partial charge in [0.1, 0.15) is 4.21 Å². The minimum absolute atomic E-state index is 0.327. The van der Waals surface area contributed by atoms with E-state index in [0.717, 1.165) is 12.2 Å². The van der Waals surface area contributed by atoms with Crippen LogP contribution in [0, 0.1) is 0 Å². The summed E-state index contributed by atoms with van der Waals surface area (Å²) in [6.07, 6.45) is 1.68. The molecule has 0 saturated carbocycles. The topological polar surface area (TPSA) is 55.2 Å². The van der Waals surface area contributed by atoms with Crippen molar-refractivity contribution in [3.63, 3.8) is 0 Å². The first-order valence-corrected chi connectivity index (χ1v) is 7.88. The predicted octanol–water partition coefficient (Wildman–Crippen LogP) is 1.79. The van der Waals surface area contributed by atoms with Crippen LogP contribution in [0.1, 0.15) is 12.6 Å². The van der Waals surface area contributed by atoms with Crippen LogP contribution >= 0.6 is 11.3 Å². The number of hydrogen-bond donors (Lipinski definition) is 0. The lowest BCUT2D eigenvalue weighted by Gasteiger charge is -2.16. The maximum Gasteiger partial charge on any atom is 0.252 e. The fourth-order valence-corrected chi connectivity index (χ4v) is 4.00. The second kappa shape index (κ2) is 5.21. The van der Waals surface area contributed by atoms with Crippen molar-refractivity contribution in [3.8, 4) is 0 Å². The van der Waals surface area contributed by atoms with E-state index in [9.17, 15) is 8.42 Å². The average molecular weight is 285 g/mol. The second-order valence-electron chi connectivity index (χ2n) is 3.83. The normalized spacial score (nSPS) is 12.2. The molecule has 0 N–H and O–H groups in total. The predicted molar refractivity (Wildman–Crippen MR) is 70.9 cm³/mol. The minimum Gasteiger partial charge on any atom is -0.269 e. The molecule has 0 atom stereocenters. The molecule has 2 heterocycles. The molecule has 0 aromatic carbocycles. The third kappa shape index (κ3) is 2.47. The van der Waals surface area contributed by atoms with E-state index >= 15 is 0 Å². The smallest absolute Gasteiger partial charge is 0.252 e. The summed E-state index contributed by atoms with van der Waals surface area (Å²) in [5.41, 5.74) is 0.889. The van der Waals surface area contributed by atoms with Crippen molar-refractivity contribution < 1.29 is 8.42 Å². The highest BCUT2D eigenvalue weighted by atomic mass is 32.2. The number of hydrogen-bond acceptors (Lipinski definition) is 4. The van der Waals surface area contributed by atoms with Gasteiger partial charge in [-0.1, -0.05) is 6.07 Å². The molecule has 7 heteroatoms. The van der Waals surface area contributed by atoms with Crippen LogP contribution in [0.2, 0.25) is 0 Å².